The third-order valence-corrected chi connectivity index (χ3v) is 4.27. The van der Waals surface area contributed by atoms with Gasteiger partial charge < -0.3 is 4.74 Å². The van der Waals surface area contributed by atoms with Crippen LogP contribution in [0.5, 0.6) is 0 Å². The van der Waals surface area contributed by atoms with Crippen LogP contribution in [-0.4, -0.2) is 52.7 Å². The highest BCUT2D eigenvalue weighted by Gasteiger charge is 2.10. The topological polar surface area (TPSA) is 51.1 Å². The highest BCUT2D eigenvalue weighted by atomic mass is 35.5. The van der Waals surface area contributed by atoms with Crippen LogP contribution in [0, 0.1) is 0 Å². The van der Waals surface area contributed by atoms with Gasteiger partial charge in [0.2, 0.25) is 0 Å². The lowest BCUT2D eigenvalue weighted by Gasteiger charge is -2.26. The summed E-state index contributed by atoms with van der Waals surface area (Å²) < 4.78 is 5.36. The average Bonchev–Trinajstić information content (AvgIpc) is 2.60. The second kappa shape index (κ2) is 8.34. The van der Waals surface area contributed by atoms with E-state index in [0.29, 0.717) is 5.15 Å². The molecule has 6 heteroatoms. The summed E-state index contributed by atoms with van der Waals surface area (Å²) >= 11 is 6.14. The average molecular weight is 333 g/mol. The first-order chi connectivity index (χ1) is 11.3. The van der Waals surface area contributed by atoms with E-state index in [2.05, 4.69) is 19.9 Å². The molecule has 5 nitrogen and oxygen atoms in total. The zero-order chi connectivity index (χ0) is 15.9. The van der Waals surface area contributed by atoms with E-state index in [0.717, 1.165) is 69.2 Å². The van der Waals surface area contributed by atoms with Crippen molar-refractivity contribution < 1.29 is 4.74 Å². The van der Waals surface area contributed by atoms with Crippen molar-refractivity contribution in [1.29, 1.82) is 0 Å². The van der Waals surface area contributed by atoms with Crippen LogP contribution in [0.3, 0.4) is 0 Å². The minimum absolute atomic E-state index is 0.476. The van der Waals surface area contributed by atoms with Crippen molar-refractivity contribution in [1.82, 2.24) is 19.9 Å². The fourth-order valence-electron chi connectivity index (χ4n) is 2.69. The number of halogens is 1. The van der Waals surface area contributed by atoms with Crippen molar-refractivity contribution in [2.45, 2.75) is 19.3 Å². The Labute approximate surface area is 141 Å². The zero-order valence-electron chi connectivity index (χ0n) is 13.1. The van der Waals surface area contributed by atoms with E-state index in [9.17, 15) is 0 Å². The van der Waals surface area contributed by atoms with E-state index in [1.165, 1.54) is 0 Å². The third kappa shape index (κ3) is 4.70. The van der Waals surface area contributed by atoms with Gasteiger partial charge in [-0.05, 0) is 37.6 Å². The molecule has 1 saturated heterocycles. The minimum atomic E-state index is 0.476. The molecule has 23 heavy (non-hydrogen) atoms. The molecular formula is C17H21ClN4O. The molecule has 2 aromatic heterocycles. The number of hydrogen-bond acceptors (Lipinski definition) is 5. The van der Waals surface area contributed by atoms with Gasteiger partial charge in [-0.25, -0.2) is 15.0 Å². The van der Waals surface area contributed by atoms with E-state index in [1.807, 2.05) is 18.2 Å². The number of rotatable bonds is 6. The van der Waals surface area contributed by atoms with Gasteiger partial charge in [-0.3, -0.25) is 4.90 Å². The van der Waals surface area contributed by atoms with Crippen molar-refractivity contribution in [2.24, 2.45) is 0 Å². The molecule has 0 unspecified atom stereocenters. The number of ether oxygens (including phenoxy) is 1. The van der Waals surface area contributed by atoms with Crippen molar-refractivity contribution >= 4 is 11.6 Å². The molecule has 1 fully saturated rings. The van der Waals surface area contributed by atoms with Gasteiger partial charge in [-0.1, -0.05) is 11.6 Å². The number of aromatic nitrogens is 3. The van der Waals surface area contributed by atoms with Crippen LogP contribution >= 0.6 is 11.6 Å². The summed E-state index contributed by atoms with van der Waals surface area (Å²) in [5.41, 5.74) is 1.69. The third-order valence-electron chi connectivity index (χ3n) is 3.97. The maximum absolute atomic E-state index is 6.14. The molecule has 0 aromatic carbocycles. The molecule has 0 spiro atoms. The van der Waals surface area contributed by atoms with Crippen molar-refractivity contribution in [2.75, 3.05) is 32.8 Å². The second-order valence-electron chi connectivity index (χ2n) is 5.61. The highest BCUT2D eigenvalue weighted by Crippen LogP contribution is 2.23. The van der Waals surface area contributed by atoms with Crippen LogP contribution in [0.25, 0.3) is 11.3 Å². The number of pyridine rings is 1. The lowest BCUT2D eigenvalue weighted by Crippen LogP contribution is -2.36. The molecule has 0 aliphatic carbocycles. The van der Waals surface area contributed by atoms with E-state index < -0.39 is 0 Å². The van der Waals surface area contributed by atoms with Gasteiger partial charge >= 0.3 is 0 Å². The molecular weight excluding hydrogens is 312 g/mol. The Morgan fingerprint density at radius 2 is 1.96 bits per heavy atom. The lowest BCUT2D eigenvalue weighted by molar-refractivity contribution is 0.0372. The van der Waals surface area contributed by atoms with Gasteiger partial charge in [-0.2, -0.15) is 0 Å². The minimum Gasteiger partial charge on any atom is -0.379 e. The van der Waals surface area contributed by atoms with Crippen molar-refractivity contribution in [3.05, 3.63) is 41.6 Å². The lowest BCUT2D eigenvalue weighted by atomic mass is 10.2. The molecule has 0 atom stereocenters. The van der Waals surface area contributed by atoms with E-state index in [1.54, 1.807) is 12.4 Å². The Morgan fingerprint density at radius 3 is 2.78 bits per heavy atom. The first-order valence-electron chi connectivity index (χ1n) is 8.06. The quantitative estimate of drug-likeness (QED) is 0.601. The molecule has 0 N–H and O–H groups in total. The molecule has 1 aliphatic rings. The Balaban J connectivity index is 1.52. The fraction of sp³-hybridized carbons (Fsp3) is 0.471. The van der Waals surface area contributed by atoms with Gasteiger partial charge in [0.1, 0.15) is 11.0 Å². The molecule has 0 amide bonds. The van der Waals surface area contributed by atoms with Crippen LogP contribution in [0.2, 0.25) is 5.15 Å². The molecule has 3 heterocycles. The SMILES string of the molecule is Clc1ncccc1-c1ccnc(CCCCN2CCOCC2)n1. The molecule has 122 valence electrons. The van der Waals surface area contributed by atoms with Crippen LogP contribution in [-0.2, 0) is 11.2 Å². The monoisotopic (exact) mass is 332 g/mol. The Bertz CT molecular complexity index is 631. The van der Waals surface area contributed by atoms with Crippen LogP contribution < -0.4 is 0 Å². The summed E-state index contributed by atoms with van der Waals surface area (Å²) in [5.74, 6) is 0.865. The first-order valence-corrected chi connectivity index (χ1v) is 8.43. The number of hydrogen-bond donors (Lipinski definition) is 0. The summed E-state index contributed by atoms with van der Waals surface area (Å²) in [4.78, 5) is 15.5. The van der Waals surface area contributed by atoms with Gasteiger partial charge in [0.15, 0.2) is 0 Å². The molecule has 1 aliphatic heterocycles. The molecule has 0 bridgehead atoms. The van der Waals surface area contributed by atoms with E-state index in [-0.39, 0.29) is 0 Å². The predicted octanol–water partition coefficient (Wildman–Crippen LogP) is 2.85. The highest BCUT2D eigenvalue weighted by molar-refractivity contribution is 6.31. The van der Waals surface area contributed by atoms with Crippen molar-refractivity contribution in [3.63, 3.8) is 0 Å². The molecule has 0 radical (unpaired) electrons. The summed E-state index contributed by atoms with van der Waals surface area (Å²) in [6, 6.07) is 5.67. The maximum Gasteiger partial charge on any atom is 0.138 e. The summed E-state index contributed by atoms with van der Waals surface area (Å²) in [6.45, 7) is 4.93. The fourth-order valence-corrected chi connectivity index (χ4v) is 2.91. The molecule has 2 aromatic rings. The largest absolute Gasteiger partial charge is 0.379 e. The van der Waals surface area contributed by atoms with Crippen LogP contribution in [0.15, 0.2) is 30.6 Å². The number of unbranched alkanes of at least 4 members (excludes halogenated alkanes) is 1. The smallest absolute Gasteiger partial charge is 0.138 e. The van der Waals surface area contributed by atoms with Crippen LogP contribution in [0.4, 0.5) is 0 Å². The summed E-state index contributed by atoms with van der Waals surface area (Å²) in [6.07, 6.45) is 6.60. The number of morpholine rings is 1. The van der Waals surface area contributed by atoms with E-state index in [4.69, 9.17) is 16.3 Å². The summed E-state index contributed by atoms with van der Waals surface area (Å²) in [5, 5.41) is 0.476. The first kappa shape index (κ1) is 16.3. The molecule has 3 rings (SSSR count). The Morgan fingerprint density at radius 1 is 1.09 bits per heavy atom. The Kier molecular flexibility index (Phi) is 5.91. The normalized spacial score (nSPS) is 15.7. The van der Waals surface area contributed by atoms with E-state index >= 15 is 0 Å². The zero-order valence-corrected chi connectivity index (χ0v) is 13.9. The maximum atomic E-state index is 6.14. The number of nitrogens with zero attached hydrogens (tertiary/aromatic N) is 4. The van der Waals surface area contributed by atoms with Gasteiger partial charge in [0.05, 0.1) is 18.9 Å². The standard InChI is InChI=1S/C17H21ClN4O/c18-17-14(4-3-7-20-17)15-6-8-19-16(21-15)5-1-2-9-22-10-12-23-13-11-22/h3-4,6-8H,1-2,5,9-13H2. The number of aryl methyl sites for hydroxylation is 1. The summed E-state index contributed by atoms with van der Waals surface area (Å²) in [7, 11) is 0. The second-order valence-corrected chi connectivity index (χ2v) is 5.97. The van der Waals surface area contributed by atoms with Gasteiger partial charge in [-0.15, -0.1) is 0 Å². The van der Waals surface area contributed by atoms with Crippen LogP contribution in [0.1, 0.15) is 18.7 Å². The molecule has 0 saturated carbocycles. The van der Waals surface area contributed by atoms with Gasteiger partial charge in [0.25, 0.3) is 0 Å². The van der Waals surface area contributed by atoms with Crippen molar-refractivity contribution in [3.8, 4) is 11.3 Å². The van der Waals surface area contributed by atoms with Gasteiger partial charge in [0, 0.05) is 37.5 Å². The Hall–Kier alpha value is -1.56. The predicted molar refractivity (Wildman–Crippen MR) is 90.5 cm³/mol.